The van der Waals surface area contributed by atoms with Gasteiger partial charge < -0.3 is 13.9 Å². The zero-order chi connectivity index (χ0) is 41.4. The van der Waals surface area contributed by atoms with Gasteiger partial charge in [-0.05, 0) is 91.0 Å². The molecule has 0 spiro atoms. The van der Waals surface area contributed by atoms with E-state index in [1.54, 1.807) is 0 Å². The molecule has 296 valence electrons. The molecule has 0 aliphatic carbocycles. The Morgan fingerprint density at radius 1 is 0.429 bits per heavy atom. The van der Waals surface area contributed by atoms with Crippen molar-refractivity contribution in [2.75, 3.05) is 0 Å². The Bertz CT molecular complexity index is 3860. The van der Waals surface area contributed by atoms with E-state index < -0.39 is 0 Å². The predicted octanol–water partition coefficient (Wildman–Crippen LogP) is 13.0. The van der Waals surface area contributed by atoms with E-state index >= 15 is 0 Å². The second-order valence-corrected chi connectivity index (χ2v) is 15.8. The zero-order valence-electron chi connectivity index (χ0n) is 33.9. The van der Waals surface area contributed by atoms with Crippen molar-refractivity contribution >= 4 is 65.4 Å². The molecule has 8 aromatic carbocycles. The van der Waals surface area contributed by atoms with Gasteiger partial charge in [-0.15, -0.1) is 0 Å². The molecule has 0 radical (unpaired) electrons. The third kappa shape index (κ3) is 5.40. The number of aromatic nitrogens is 6. The van der Waals surface area contributed by atoms with Gasteiger partial charge in [0.15, 0.2) is 0 Å². The fourth-order valence-electron chi connectivity index (χ4n) is 9.68. The Labute approximate surface area is 361 Å². The van der Waals surface area contributed by atoms with E-state index in [4.69, 9.17) is 9.72 Å². The van der Waals surface area contributed by atoms with E-state index in [0.29, 0.717) is 0 Å². The molecule has 0 bridgehead atoms. The molecule has 0 saturated heterocycles. The van der Waals surface area contributed by atoms with Crippen molar-refractivity contribution < 1.29 is 9.30 Å². The maximum Gasteiger partial charge on any atom is 0.268 e. The summed E-state index contributed by atoms with van der Waals surface area (Å²) in [6.07, 6.45) is 9.34. The molecule has 0 saturated carbocycles. The van der Waals surface area contributed by atoms with Crippen molar-refractivity contribution in [3.63, 3.8) is 0 Å². The normalized spacial score (nSPS) is 11.8. The van der Waals surface area contributed by atoms with Crippen LogP contribution < -0.4 is 9.30 Å². The van der Waals surface area contributed by atoms with Gasteiger partial charge in [-0.25, -0.2) is 4.98 Å². The molecule has 0 unspecified atom stereocenters. The largest absolute Gasteiger partial charge is 0.458 e. The maximum absolute atomic E-state index is 6.79. The third-order valence-electron chi connectivity index (χ3n) is 12.3. The average molecular weight is 809 g/mol. The topological polar surface area (TPSA) is 45.7 Å². The fraction of sp³-hybridized carbons (Fsp3) is 0. The lowest BCUT2D eigenvalue weighted by Crippen LogP contribution is -2.28. The zero-order valence-corrected chi connectivity index (χ0v) is 33.9. The molecule has 0 N–H and O–H groups in total. The first-order valence-corrected chi connectivity index (χ1v) is 21.1. The molecular weight excluding hydrogens is 773 g/mol. The van der Waals surface area contributed by atoms with E-state index in [9.17, 15) is 0 Å². The summed E-state index contributed by atoms with van der Waals surface area (Å²) in [5, 5.41) is 6.97. The van der Waals surface area contributed by atoms with Gasteiger partial charge in [-0.2, -0.15) is 0 Å². The number of nitrogens with zero attached hydrogens (tertiary/aromatic N) is 6. The van der Waals surface area contributed by atoms with Crippen LogP contribution in [-0.2, 0) is 0 Å². The van der Waals surface area contributed by atoms with Gasteiger partial charge in [-0.1, -0.05) is 103 Å². The molecule has 0 amide bonds. The molecular formula is C56H36N6O. The van der Waals surface area contributed by atoms with Crippen LogP contribution in [0.25, 0.3) is 94.0 Å². The summed E-state index contributed by atoms with van der Waals surface area (Å²) < 4.78 is 18.0. The van der Waals surface area contributed by atoms with Gasteiger partial charge >= 0.3 is 0 Å². The maximum atomic E-state index is 6.79. The van der Waals surface area contributed by atoms with Gasteiger partial charge in [-0.3, -0.25) is 13.7 Å². The van der Waals surface area contributed by atoms with Crippen molar-refractivity contribution in [3.8, 4) is 40.1 Å². The van der Waals surface area contributed by atoms with E-state index in [2.05, 4.69) is 178 Å². The molecule has 0 aliphatic heterocycles. The number of hydrogen-bond donors (Lipinski definition) is 0. The summed E-state index contributed by atoms with van der Waals surface area (Å²) >= 11 is 0. The molecule has 13 aromatic rings. The highest BCUT2D eigenvalue weighted by Gasteiger charge is 2.29. The lowest BCUT2D eigenvalue weighted by atomic mass is 10.0. The fourth-order valence-corrected chi connectivity index (χ4v) is 9.68. The van der Waals surface area contributed by atoms with Gasteiger partial charge in [0.2, 0.25) is 0 Å². The summed E-state index contributed by atoms with van der Waals surface area (Å²) in [6.45, 7) is 0. The minimum absolute atomic E-state index is 0.724. The molecule has 0 atom stereocenters. The number of fused-ring (bicyclic) bond motifs is 12. The van der Waals surface area contributed by atoms with Crippen LogP contribution in [0, 0.1) is 6.33 Å². The summed E-state index contributed by atoms with van der Waals surface area (Å²) in [5.41, 5.74) is 10.9. The summed E-state index contributed by atoms with van der Waals surface area (Å²) in [6, 6.07) is 70.1. The van der Waals surface area contributed by atoms with Gasteiger partial charge in [0, 0.05) is 68.3 Å². The van der Waals surface area contributed by atoms with Crippen LogP contribution in [0.4, 0.5) is 0 Å². The van der Waals surface area contributed by atoms with E-state index in [1.165, 1.54) is 16.2 Å². The molecule has 7 heteroatoms. The Balaban J connectivity index is 1.13. The highest BCUT2D eigenvalue weighted by molar-refractivity contribution is 6.40. The van der Waals surface area contributed by atoms with Crippen molar-refractivity contribution in [1.29, 1.82) is 0 Å². The van der Waals surface area contributed by atoms with Crippen LogP contribution in [0.15, 0.2) is 219 Å². The summed E-state index contributed by atoms with van der Waals surface area (Å²) in [7, 11) is 0. The number of benzene rings is 8. The Morgan fingerprint density at radius 2 is 1.00 bits per heavy atom. The van der Waals surface area contributed by atoms with Crippen LogP contribution in [-0.4, -0.2) is 23.3 Å². The van der Waals surface area contributed by atoms with Gasteiger partial charge in [0.25, 0.3) is 6.33 Å². The van der Waals surface area contributed by atoms with Crippen molar-refractivity contribution in [2.24, 2.45) is 0 Å². The number of ether oxygens (including phenoxy) is 1. The van der Waals surface area contributed by atoms with Crippen LogP contribution in [0.1, 0.15) is 0 Å². The molecule has 5 heterocycles. The van der Waals surface area contributed by atoms with Crippen molar-refractivity contribution in [3.05, 3.63) is 225 Å². The van der Waals surface area contributed by atoms with Crippen LogP contribution in [0.5, 0.6) is 11.5 Å². The molecule has 7 nitrogen and oxygen atoms in total. The average Bonchev–Trinajstić information content (AvgIpc) is 4.13. The standard InChI is InChI=1S/C56H36N6O/c1-4-17-38(18-5-1)58-33-34-59(37-58)41-23-16-24-42(35-41)63-43-30-31-46-49(36-43)62(50-29-14-15-32-57-50)54-51(46)52-44-25-10-12-27-47(44)60(39-19-6-2-7-20-39)55(52)56-53(54)45-26-11-13-28-48(45)61(56)40-21-8-3-9-22-40/h1-36H. The highest BCUT2D eigenvalue weighted by atomic mass is 16.5. The van der Waals surface area contributed by atoms with Crippen molar-refractivity contribution in [1.82, 2.24) is 23.3 Å². The SMILES string of the molecule is [c-]1n(-c2ccccc2)cc[n+]1-c1cccc(Oc2ccc3c4c5c6ccccc6n(-c6ccccc6)c5c5c(c6ccccc6n5-c5ccccc5)c4n(-c4ccccn4)c3c2)c1. The Hall–Kier alpha value is -8.68. The Morgan fingerprint density at radius 3 is 1.68 bits per heavy atom. The third-order valence-corrected chi connectivity index (χ3v) is 12.3. The van der Waals surface area contributed by atoms with E-state index in [1.807, 2.05) is 70.2 Å². The van der Waals surface area contributed by atoms with Gasteiger partial charge in [0.1, 0.15) is 17.3 Å². The highest BCUT2D eigenvalue weighted by Crippen LogP contribution is 2.50. The number of para-hydroxylation sites is 5. The van der Waals surface area contributed by atoms with E-state index in [0.717, 1.165) is 89.3 Å². The molecule has 0 aliphatic rings. The molecule has 5 aromatic heterocycles. The minimum atomic E-state index is 0.724. The molecule has 13 rings (SSSR count). The predicted molar refractivity (Wildman–Crippen MR) is 253 cm³/mol. The molecule has 63 heavy (non-hydrogen) atoms. The van der Waals surface area contributed by atoms with E-state index in [-0.39, 0.29) is 0 Å². The number of imidazole rings is 1. The monoisotopic (exact) mass is 808 g/mol. The Kier molecular flexibility index (Phi) is 7.77. The lowest BCUT2D eigenvalue weighted by molar-refractivity contribution is -0.599. The number of rotatable bonds is 7. The summed E-state index contributed by atoms with van der Waals surface area (Å²) in [4.78, 5) is 5.05. The van der Waals surface area contributed by atoms with Crippen LogP contribution >= 0.6 is 0 Å². The number of hydrogen-bond acceptors (Lipinski definition) is 2. The van der Waals surface area contributed by atoms with Crippen LogP contribution in [0.2, 0.25) is 0 Å². The minimum Gasteiger partial charge on any atom is -0.458 e. The van der Waals surface area contributed by atoms with Crippen LogP contribution in [0.3, 0.4) is 0 Å². The first-order valence-electron chi connectivity index (χ1n) is 21.1. The second kappa shape index (κ2) is 13.9. The molecule has 0 fully saturated rings. The second-order valence-electron chi connectivity index (χ2n) is 15.8. The summed E-state index contributed by atoms with van der Waals surface area (Å²) in [5.74, 6) is 2.28. The first-order chi connectivity index (χ1) is 31.3. The van der Waals surface area contributed by atoms with Gasteiger partial charge in [0.05, 0.1) is 44.5 Å². The first kappa shape index (κ1) is 35.1. The van der Waals surface area contributed by atoms with Crippen molar-refractivity contribution in [2.45, 2.75) is 0 Å². The lowest BCUT2D eigenvalue weighted by Gasteiger charge is -2.14. The number of pyridine rings is 1. The quantitative estimate of drug-likeness (QED) is 0.119. The smallest absolute Gasteiger partial charge is 0.268 e.